The molecule has 0 aliphatic heterocycles. The van der Waals surface area contributed by atoms with Gasteiger partial charge in [-0.25, -0.2) is 36.1 Å². The number of nitrogens with zero attached hydrogens (tertiary/aromatic N) is 4. The van der Waals surface area contributed by atoms with Gasteiger partial charge in [0.15, 0.2) is 23.1 Å². The molecule has 2 atom stereocenters. The van der Waals surface area contributed by atoms with Crippen molar-refractivity contribution >= 4 is 32.8 Å². The van der Waals surface area contributed by atoms with Crippen molar-refractivity contribution in [1.82, 2.24) is 18.9 Å². The van der Waals surface area contributed by atoms with Gasteiger partial charge >= 0.3 is 5.97 Å². The fourth-order valence-corrected chi connectivity index (χ4v) is 8.30. The van der Waals surface area contributed by atoms with E-state index in [-0.39, 0.29) is 50.7 Å². The van der Waals surface area contributed by atoms with E-state index in [0.717, 1.165) is 53.0 Å². The Morgan fingerprint density at radius 3 is 2.22 bits per heavy atom. The van der Waals surface area contributed by atoms with Crippen molar-refractivity contribution in [1.29, 1.82) is 0 Å². The molecule has 2 N–H and O–H groups in total. The number of carbonyl (C=O) groups is 1. The van der Waals surface area contributed by atoms with Crippen LogP contribution in [-0.2, 0) is 14.8 Å². The normalized spacial score (nSPS) is 21.0. The number of aliphatic carboxylic acids is 1. The van der Waals surface area contributed by atoms with E-state index < -0.39 is 39.6 Å². The zero-order valence-electron chi connectivity index (χ0n) is 25.1. The third-order valence-electron chi connectivity index (χ3n) is 9.38. The number of aryl methyl sites for hydroxylation is 2. The van der Waals surface area contributed by atoms with Gasteiger partial charge < -0.3 is 10.4 Å². The lowest BCUT2D eigenvalue weighted by Crippen LogP contribution is -2.51. The highest BCUT2D eigenvalue weighted by Crippen LogP contribution is 2.47. The van der Waals surface area contributed by atoms with Crippen LogP contribution in [0, 0.1) is 43.2 Å². The van der Waals surface area contributed by atoms with E-state index in [1.807, 2.05) is 26.0 Å². The van der Waals surface area contributed by atoms with Gasteiger partial charge in [0, 0.05) is 28.8 Å². The predicted molar refractivity (Wildman–Crippen MR) is 169 cm³/mol. The lowest BCUT2D eigenvalue weighted by atomic mass is 9.61. The van der Waals surface area contributed by atoms with E-state index in [1.165, 1.54) is 18.3 Å². The van der Waals surface area contributed by atoms with Crippen molar-refractivity contribution in [2.24, 2.45) is 17.8 Å². The zero-order valence-corrected chi connectivity index (χ0v) is 25.9. The van der Waals surface area contributed by atoms with Crippen LogP contribution < -0.4 is 5.32 Å². The Labute approximate surface area is 264 Å². The lowest BCUT2D eigenvalue weighted by Gasteiger charge is -2.47. The fraction of sp³-hybridized carbons (Fsp3) is 0.294. The quantitative estimate of drug-likeness (QED) is 0.203. The average molecular weight is 644 g/mol. The number of benzene rings is 2. The van der Waals surface area contributed by atoms with E-state index in [4.69, 9.17) is 0 Å². The Morgan fingerprint density at radius 2 is 1.57 bits per heavy atom. The van der Waals surface area contributed by atoms with Gasteiger partial charge in [-0.2, -0.15) is 0 Å². The largest absolute Gasteiger partial charge is 0.481 e. The first kappa shape index (κ1) is 30.0. The maximum Gasteiger partial charge on any atom is 0.308 e. The summed E-state index contributed by atoms with van der Waals surface area (Å²) in [4.78, 5) is 25.6. The maximum atomic E-state index is 16.4. The van der Waals surface area contributed by atoms with Crippen molar-refractivity contribution in [3.05, 3.63) is 89.8 Å². The van der Waals surface area contributed by atoms with Gasteiger partial charge in [0.1, 0.15) is 11.5 Å². The monoisotopic (exact) mass is 643 g/mol. The highest BCUT2D eigenvalue weighted by atomic mass is 32.2. The molecule has 3 saturated carbocycles. The smallest absolute Gasteiger partial charge is 0.308 e. The van der Waals surface area contributed by atoms with Gasteiger partial charge in [-0.05, 0) is 69.6 Å². The molecule has 0 saturated heterocycles. The van der Waals surface area contributed by atoms with Crippen molar-refractivity contribution in [3.8, 4) is 22.6 Å². The summed E-state index contributed by atoms with van der Waals surface area (Å²) >= 11 is 0. The third kappa shape index (κ3) is 5.10. The van der Waals surface area contributed by atoms with Gasteiger partial charge in [-0.15, -0.1) is 0 Å². The van der Waals surface area contributed by atoms with E-state index in [9.17, 15) is 22.7 Å². The molecule has 3 aromatic heterocycles. The number of nitrogens with one attached hydrogen (secondary N) is 1. The maximum absolute atomic E-state index is 16.4. The van der Waals surface area contributed by atoms with Gasteiger partial charge in [0.25, 0.3) is 10.0 Å². The molecule has 5 aromatic rings. The Bertz CT molecular complexity index is 2090. The first-order valence-corrected chi connectivity index (χ1v) is 16.6. The molecule has 3 heterocycles. The number of hydrogen-bond donors (Lipinski definition) is 2. The molecule has 3 aliphatic carbocycles. The van der Waals surface area contributed by atoms with Gasteiger partial charge in [0.2, 0.25) is 0 Å². The van der Waals surface area contributed by atoms with Crippen LogP contribution in [0.3, 0.4) is 0 Å². The second-order valence-electron chi connectivity index (χ2n) is 12.3. The van der Waals surface area contributed by atoms with E-state index in [0.29, 0.717) is 5.56 Å². The molecule has 9 nitrogen and oxygen atoms in total. The van der Waals surface area contributed by atoms with Crippen molar-refractivity contribution in [2.75, 3.05) is 5.32 Å². The number of pyridine rings is 1. The summed E-state index contributed by atoms with van der Waals surface area (Å²) in [5.41, 5.74) is 2.27. The second kappa shape index (κ2) is 11.3. The lowest BCUT2D eigenvalue weighted by molar-refractivity contribution is -0.148. The van der Waals surface area contributed by atoms with E-state index in [1.54, 1.807) is 24.3 Å². The molecule has 3 fully saturated rings. The number of halogens is 2. The molecule has 2 aromatic carbocycles. The highest BCUT2D eigenvalue weighted by molar-refractivity contribution is 7.90. The van der Waals surface area contributed by atoms with Crippen LogP contribution in [0.5, 0.6) is 0 Å². The SMILES string of the molecule is Cc1ccc(-c2nc(-c3cn(S(=O)(=O)c4ccc(C)cc4)c4ncc(F)cc34)nc(NC3C4CCC(CC4)C3C(=O)O)c2F)cc1. The standard InChI is InChI=1S/C34H31F2N5O4S/c1-18-3-7-22(8-4-18)30-28(36)32(38-29-21-11-9-20(10-12-21)27(29)34(42)43)40-31(39-30)26-17-41(33-25(26)15-23(35)16-37-33)46(44,45)24-13-5-19(2)6-14-24/h3-8,13-17,20-21,27,29H,9-12H2,1-2H3,(H,42,43)(H,38,39,40). The molecule has 0 radical (unpaired) electrons. The van der Waals surface area contributed by atoms with Crippen LogP contribution in [0.15, 0.2) is 71.9 Å². The molecule has 12 heteroatoms. The zero-order chi connectivity index (χ0) is 32.3. The summed E-state index contributed by atoms with van der Waals surface area (Å²) in [5, 5.41) is 13.4. The van der Waals surface area contributed by atoms with Gasteiger partial charge in [-0.1, -0.05) is 47.5 Å². The van der Waals surface area contributed by atoms with Crippen LogP contribution in [0.25, 0.3) is 33.7 Å². The summed E-state index contributed by atoms with van der Waals surface area (Å²) in [6, 6.07) is 13.9. The Hall–Kier alpha value is -4.71. The Balaban J connectivity index is 1.43. The number of anilines is 1. The van der Waals surface area contributed by atoms with E-state index in [2.05, 4.69) is 20.3 Å². The van der Waals surface area contributed by atoms with Crippen LogP contribution in [-0.4, -0.2) is 44.5 Å². The number of aromatic nitrogens is 4. The van der Waals surface area contributed by atoms with Crippen LogP contribution in [0.2, 0.25) is 0 Å². The predicted octanol–water partition coefficient (Wildman–Crippen LogP) is 6.59. The topological polar surface area (TPSA) is 127 Å². The summed E-state index contributed by atoms with van der Waals surface area (Å²) in [6.45, 7) is 3.73. The number of carboxylic acid groups (broad SMARTS) is 1. The number of carboxylic acids is 1. The Morgan fingerprint density at radius 1 is 0.935 bits per heavy atom. The van der Waals surface area contributed by atoms with Crippen molar-refractivity contribution in [2.45, 2.75) is 50.5 Å². The molecule has 0 spiro atoms. The molecule has 8 rings (SSSR count). The first-order chi connectivity index (χ1) is 22.0. The van der Waals surface area contributed by atoms with Crippen LogP contribution in [0.1, 0.15) is 36.8 Å². The summed E-state index contributed by atoms with van der Waals surface area (Å²) in [7, 11) is -4.19. The number of fused-ring (bicyclic) bond motifs is 4. The molecule has 0 amide bonds. The van der Waals surface area contributed by atoms with Crippen LogP contribution in [0.4, 0.5) is 14.6 Å². The summed E-state index contributed by atoms with van der Waals surface area (Å²) < 4.78 is 59.7. The molecule has 236 valence electrons. The van der Waals surface area contributed by atoms with Crippen LogP contribution >= 0.6 is 0 Å². The van der Waals surface area contributed by atoms with E-state index >= 15 is 4.39 Å². The van der Waals surface area contributed by atoms with Gasteiger partial charge in [0.05, 0.1) is 17.0 Å². The molecule has 3 aliphatic rings. The minimum Gasteiger partial charge on any atom is -0.481 e. The number of hydrogen-bond acceptors (Lipinski definition) is 7. The van der Waals surface area contributed by atoms with Crippen molar-refractivity contribution in [3.63, 3.8) is 0 Å². The minimum atomic E-state index is -4.19. The van der Waals surface area contributed by atoms with Gasteiger partial charge in [-0.3, -0.25) is 4.79 Å². The average Bonchev–Trinajstić information content (AvgIpc) is 3.42. The molecular weight excluding hydrogens is 612 g/mol. The molecule has 2 unspecified atom stereocenters. The summed E-state index contributed by atoms with van der Waals surface area (Å²) in [6.07, 6.45) is 5.45. The minimum absolute atomic E-state index is 0.00228. The third-order valence-corrected chi connectivity index (χ3v) is 11.0. The Kier molecular flexibility index (Phi) is 7.34. The van der Waals surface area contributed by atoms with Crippen molar-refractivity contribution < 1.29 is 27.1 Å². The first-order valence-electron chi connectivity index (χ1n) is 15.1. The number of rotatable bonds is 7. The molecule has 2 bridgehead atoms. The highest BCUT2D eigenvalue weighted by Gasteiger charge is 2.47. The molecular formula is C34H31F2N5O4S. The summed E-state index contributed by atoms with van der Waals surface area (Å²) in [5.74, 6) is -3.40. The second-order valence-corrected chi connectivity index (χ2v) is 14.1. The molecule has 46 heavy (non-hydrogen) atoms. The fourth-order valence-electron chi connectivity index (χ4n) is 6.98.